The van der Waals surface area contributed by atoms with Crippen LogP contribution in [0.2, 0.25) is 0 Å². The van der Waals surface area contributed by atoms with Crippen molar-refractivity contribution >= 4 is 27.3 Å². The summed E-state index contributed by atoms with van der Waals surface area (Å²) in [6.07, 6.45) is 0.635. The molecule has 1 aromatic heterocycles. The van der Waals surface area contributed by atoms with E-state index in [1.54, 1.807) is 0 Å². The Bertz CT molecular complexity index is 517. The quantitative estimate of drug-likeness (QED) is 0.803. The van der Waals surface area contributed by atoms with Crippen molar-refractivity contribution in [2.45, 2.75) is 16.7 Å². The zero-order valence-electron chi connectivity index (χ0n) is 8.88. The summed E-state index contributed by atoms with van der Waals surface area (Å²) < 4.78 is 31.6. The first-order valence-electron chi connectivity index (χ1n) is 4.98. The summed E-state index contributed by atoms with van der Waals surface area (Å²) in [6, 6.07) is 1.18. The minimum atomic E-state index is -3.69. The zero-order valence-corrected chi connectivity index (χ0v) is 10.5. The minimum Gasteiger partial charge on any atom is -0.380 e. The van der Waals surface area contributed by atoms with Gasteiger partial charge in [0, 0.05) is 12.6 Å². The van der Waals surface area contributed by atoms with Crippen LogP contribution in [-0.4, -0.2) is 33.6 Å². The molecule has 0 aliphatic carbocycles. The molecule has 1 aliphatic rings. The van der Waals surface area contributed by atoms with Gasteiger partial charge in [-0.05, 0) is 17.9 Å². The van der Waals surface area contributed by atoms with Gasteiger partial charge in [-0.1, -0.05) is 0 Å². The van der Waals surface area contributed by atoms with Crippen LogP contribution in [0, 0.1) is 0 Å². The van der Waals surface area contributed by atoms with Crippen LogP contribution in [0.1, 0.15) is 16.8 Å². The maximum atomic E-state index is 12.0. The van der Waals surface area contributed by atoms with Crippen molar-refractivity contribution in [1.82, 2.24) is 4.72 Å². The molecule has 0 bridgehead atoms. The molecule has 1 amide bonds. The summed E-state index contributed by atoms with van der Waals surface area (Å²) in [4.78, 5) is 11.1. The standard InChI is InChI=1S/C9H12N2O4S2/c10-8(12)7-2-4-16-9(7)17(13,14)11-6-1-3-15-5-6/h2,4,6,11H,1,3,5H2,(H2,10,12)/t6-/m0/s1. The number of hydrogen-bond donors (Lipinski definition) is 2. The van der Waals surface area contributed by atoms with Gasteiger partial charge in [0.1, 0.15) is 4.21 Å². The van der Waals surface area contributed by atoms with Crippen LogP contribution in [0.5, 0.6) is 0 Å². The van der Waals surface area contributed by atoms with Gasteiger partial charge >= 0.3 is 0 Å². The second kappa shape index (κ2) is 4.73. The summed E-state index contributed by atoms with van der Waals surface area (Å²) in [5.74, 6) is -0.741. The lowest BCUT2D eigenvalue weighted by Crippen LogP contribution is -2.35. The van der Waals surface area contributed by atoms with Crippen LogP contribution in [0.4, 0.5) is 0 Å². The molecule has 0 spiro atoms. The predicted octanol–water partition coefficient (Wildman–Crippen LogP) is -0.0858. The number of nitrogens with two attached hydrogens (primary N) is 1. The van der Waals surface area contributed by atoms with Crippen molar-refractivity contribution in [3.63, 3.8) is 0 Å². The lowest BCUT2D eigenvalue weighted by atomic mass is 10.3. The van der Waals surface area contributed by atoms with E-state index in [0.29, 0.717) is 19.6 Å². The molecule has 6 nitrogen and oxygen atoms in total. The van der Waals surface area contributed by atoms with Crippen LogP contribution in [0.3, 0.4) is 0 Å². The van der Waals surface area contributed by atoms with Crippen LogP contribution < -0.4 is 10.5 Å². The van der Waals surface area contributed by atoms with Crippen LogP contribution in [0.25, 0.3) is 0 Å². The van der Waals surface area contributed by atoms with Gasteiger partial charge in [-0.15, -0.1) is 11.3 Å². The van der Waals surface area contributed by atoms with E-state index < -0.39 is 15.9 Å². The molecule has 17 heavy (non-hydrogen) atoms. The number of amides is 1. The molecule has 1 aromatic rings. The molecule has 3 N–H and O–H groups in total. The lowest BCUT2D eigenvalue weighted by Gasteiger charge is -2.10. The number of primary amides is 1. The Morgan fingerprint density at radius 2 is 2.35 bits per heavy atom. The first-order valence-corrected chi connectivity index (χ1v) is 7.34. The van der Waals surface area contributed by atoms with Crippen molar-refractivity contribution < 1.29 is 17.9 Å². The van der Waals surface area contributed by atoms with E-state index in [1.807, 2.05) is 0 Å². The average molecular weight is 276 g/mol. The van der Waals surface area contributed by atoms with Crippen molar-refractivity contribution in [2.24, 2.45) is 5.73 Å². The fourth-order valence-corrected chi connectivity index (χ4v) is 4.22. The van der Waals surface area contributed by atoms with Crippen molar-refractivity contribution in [3.8, 4) is 0 Å². The van der Waals surface area contributed by atoms with Gasteiger partial charge in [0.15, 0.2) is 0 Å². The Hall–Kier alpha value is -0.960. The van der Waals surface area contributed by atoms with Gasteiger partial charge in [-0.25, -0.2) is 13.1 Å². The summed E-state index contributed by atoms with van der Waals surface area (Å²) in [5.41, 5.74) is 5.14. The highest BCUT2D eigenvalue weighted by molar-refractivity contribution is 7.91. The van der Waals surface area contributed by atoms with Crippen LogP contribution >= 0.6 is 11.3 Å². The molecular weight excluding hydrogens is 264 g/mol. The molecule has 94 valence electrons. The van der Waals surface area contributed by atoms with E-state index in [-0.39, 0.29) is 15.8 Å². The highest BCUT2D eigenvalue weighted by Crippen LogP contribution is 2.23. The first-order chi connectivity index (χ1) is 8.00. The van der Waals surface area contributed by atoms with E-state index in [4.69, 9.17) is 10.5 Å². The minimum absolute atomic E-state index is 0.0291. The second-order valence-electron chi connectivity index (χ2n) is 3.67. The fraction of sp³-hybridized carbons (Fsp3) is 0.444. The van der Waals surface area contributed by atoms with Crippen molar-refractivity contribution in [2.75, 3.05) is 13.2 Å². The normalized spacial score (nSPS) is 20.6. The van der Waals surface area contributed by atoms with E-state index in [0.717, 1.165) is 11.3 Å². The zero-order chi connectivity index (χ0) is 12.5. The summed E-state index contributed by atoms with van der Waals surface area (Å²) in [5, 5.41) is 1.53. The Labute approximate surface area is 103 Å². The van der Waals surface area contributed by atoms with Crippen LogP contribution in [0.15, 0.2) is 15.7 Å². The number of hydrogen-bond acceptors (Lipinski definition) is 5. The summed E-state index contributed by atoms with van der Waals surface area (Å²) in [6.45, 7) is 0.900. The highest BCUT2D eigenvalue weighted by Gasteiger charge is 2.27. The Morgan fingerprint density at radius 3 is 2.94 bits per heavy atom. The Balaban J connectivity index is 2.24. The molecule has 2 heterocycles. The van der Waals surface area contributed by atoms with Gasteiger partial charge in [-0.3, -0.25) is 4.79 Å². The number of carbonyl (C=O) groups excluding carboxylic acids is 1. The van der Waals surface area contributed by atoms with Gasteiger partial charge in [-0.2, -0.15) is 0 Å². The Kier molecular flexibility index (Phi) is 3.48. The van der Waals surface area contributed by atoms with E-state index >= 15 is 0 Å². The maximum Gasteiger partial charge on any atom is 0.251 e. The highest BCUT2D eigenvalue weighted by atomic mass is 32.2. The van der Waals surface area contributed by atoms with Gasteiger partial charge < -0.3 is 10.5 Å². The predicted molar refractivity (Wildman–Crippen MR) is 62.4 cm³/mol. The summed E-state index contributed by atoms with van der Waals surface area (Å²) in [7, 11) is -3.69. The molecule has 0 saturated carbocycles. The molecular formula is C9H12N2O4S2. The van der Waals surface area contributed by atoms with Gasteiger partial charge in [0.05, 0.1) is 12.2 Å². The molecule has 1 fully saturated rings. The number of ether oxygens (including phenoxy) is 1. The first kappa shape index (κ1) is 12.5. The van der Waals surface area contributed by atoms with E-state index in [2.05, 4.69) is 4.72 Å². The van der Waals surface area contributed by atoms with E-state index in [9.17, 15) is 13.2 Å². The molecule has 8 heteroatoms. The molecule has 0 radical (unpaired) electrons. The van der Waals surface area contributed by atoms with Crippen molar-refractivity contribution in [1.29, 1.82) is 0 Å². The summed E-state index contributed by atoms with van der Waals surface area (Å²) >= 11 is 0.976. The maximum absolute atomic E-state index is 12.0. The molecule has 2 rings (SSSR count). The molecule has 0 aromatic carbocycles. The number of thiophene rings is 1. The monoisotopic (exact) mass is 276 g/mol. The van der Waals surface area contributed by atoms with Gasteiger partial charge in [0.25, 0.3) is 15.9 Å². The number of nitrogens with one attached hydrogen (secondary N) is 1. The lowest BCUT2D eigenvalue weighted by molar-refractivity contribution is 0.0998. The molecule has 1 aliphatic heterocycles. The number of carbonyl (C=O) groups is 1. The third kappa shape index (κ3) is 2.65. The third-order valence-electron chi connectivity index (χ3n) is 2.39. The topological polar surface area (TPSA) is 98.5 Å². The average Bonchev–Trinajstić information content (AvgIpc) is 2.84. The largest absolute Gasteiger partial charge is 0.380 e. The van der Waals surface area contributed by atoms with Crippen LogP contribution in [-0.2, 0) is 14.8 Å². The smallest absolute Gasteiger partial charge is 0.251 e. The number of rotatable bonds is 4. The SMILES string of the molecule is NC(=O)c1ccsc1S(=O)(=O)N[C@H]1CCOC1. The van der Waals surface area contributed by atoms with Crippen molar-refractivity contribution in [3.05, 3.63) is 17.0 Å². The molecule has 1 atom stereocenters. The molecule has 0 unspecified atom stereocenters. The fourth-order valence-electron chi connectivity index (χ4n) is 1.59. The van der Waals surface area contributed by atoms with Gasteiger partial charge in [0.2, 0.25) is 0 Å². The third-order valence-corrected chi connectivity index (χ3v) is 5.40. The number of sulfonamides is 1. The molecule has 1 saturated heterocycles. The Morgan fingerprint density at radius 1 is 1.59 bits per heavy atom. The second-order valence-corrected chi connectivity index (χ2v) is 6.49. The van der Waals surface area contributed by atoms with E-state index in [1.165, 1.54) is 11.4 Å².